The molecule has 0 unspecified atom stereocenters. The summed E-state index contributed by atoms with van der Waals surface area (Å²) in [5.74, 6) is -1.09. The van der Waals surface area contributed by atoms with Crippen LogP contribution < -0.4 is 10.5 Å². The monoisotopic (exact) mass is 469 g/mol. The highest BCUT2D eigenvalue weighted by atomic mass is 32.2. The Labute approximate surface area is 178 Å². The molecule has 3 heterocycles. The summed E-state index contributed by atoms with van der Waals surface area (Å²) in [4.78, 5) is 21.1. The quantitative estimate of drug-likeness (QED) is 0.255. The van der Waals surface area contributed by atoms with Crippen LogP contribution in [0.3, 0.4) is 0 Å². The van der Waals surface area contributed by atoms with Crippen LogP contribution in [0.5, 0.6) is 0 Å². The third-order valence-electron chi connectivity index (χ3n) is 4.90. The van der Waals surface area contributed by atoms with E-state index in [0.717, 1.165) is 6.07 Å². The van der Waals surface area contributed by atoms with Crippen molar-refractivity contribution in [3.05, 3.63) is 46.8 Å². The first-order valence-corrected chi connectivity index (χ1v) is 10.5. The number of nitro benzene ring substituents is 1. The lowest BCUT2D eigenvalue weighted by Crippen LogP contribution is -2.39. The van der Waals surface area contributed by atoms with E-state index in [2.05, 4.69) is 19.7 Å². The van der Waals surface area contributed by atoms with Crippen molar-refractivity contribution < 1.29 is 32.7 Å². The van der Waals surface area contributed by atoms with Crippen LogP contribution in [0.25, 0.3) is 11.2 Å². The molecule has 2 aromatic heterocycles. The first-order valence-electron chi connectivity index (χ1n) is 8.98. The summed E-state index contributed by atoms with van der Waals surface area (Å²) in [5.41, 5.74) is 5.20. The average molecular weight is 469 g/mol. The number of nitrogens with one attached hydrogen (secondary N) is 1. The van der Waals surface area contributed by atoms with Crippen molar-refractivity contribution >= 4 is 32.7 Å². The maximum atomic E-state index is 13.5. The van der Waals surface area contributed by atoms with Crippen LogP contribution in [-0.2, 0) is 14.8 Å². The second-order valence-corrected chi connectivity index (χ2v) is 8.62. The van der Waals surface area contributed by atoms with Crippen molar-refractivity contribution in [2.75, 3.05) is 12.3 Å². The van der Waals surface area contributed by atoms with Gasteiger partial charge in [0, 0.05) is 12.6 Å². The van der Waals surface area contributed by atoms with E-state index in [1.165, 1.54) is 17.2 Å². The summed E-state index contributed by atoms with van der Waals surface area (Å²) in [7, 11) is -4.32. The van der Waals surface area contributed by atoms with Crippen LogP contribution in [0, 0.1) is 15.9 Å². The normalized spacial score (nSPS) is 23.6. The average Bonchev–Trinajstić information content (AvgIpc) is 3.29. The Morgan fingerprint density at radius 1 is 1.28 bits per heavy atom. The number of hydrogen-bond donors (Lipinski definition) is 4. The summed E-state index contributed by atoms with van der Waals surface area (Å²) in [6, 6.07) is 2.09. The van der Waals surface area contributed by atoms with Gasteiger partial charge in [-0.25, -0.2) is 28.1 Å². The Kier molecular flexibility index (Phi) is 5.47. The minimum absolute atomic E-state index is 0.0967. The second kappa shape index (κ2) is 7.99. The van der Waals surface area contributed by atoms with E-state index in [4.69, 9.17) is 10.5 Å². The number of benzene rings is 1. The van der Waals surface area contributed by atoms with Crippen molar-refractivity contribution in [3.63, 3.8) is 0 Å². The zero-order valence-corrected chi connectivity index (χ0v) is 16.8. The van der Waals surface area contributed by atoms with E-state index in [9.17, 15) is 33.1 Å². The van der Waals surface area contributed by atoms with Crippen molar-refractivity contribution in [1.82, 2.24) is 24.2 Å². The molecule has 170 valence electrons. The number of anilines is 1. The first-order chi connectivity index (χ1) is 15.1. The summed E-state index contributed by atoms with van der Waals surface area (Å²) < 4.78 is 47.5. The number of nitrogens with zero attached hydrogens (tertiary/aromatic N) is 5. The van der Waals surface area contributed by atoms with Gasteiger partial charge in [0.15, 0.2) is 17.7 Å². The van der Waals surface area contributed by atoms with Gasteiger partial charge in [0.05, 0.1) is 16.1 Å². The number of sulfonamides is 1. The number of aliphatic hydroxyl groups is 2. The van der Waals surface area contributed by atoms with Crippen molar-refractivity contribution in [2.45, 2.75) is 29.4 Å². The van der Waals surface area contributed by atoms with Crippen LogP contribution in [0.4, 0.5) is 15.9 Å². The van der Waals surface area contributed by atoms with Crippen molar-refractivity contribution in [3.8, 4) is 0 Å². The fourth-order valence-electron chi connectivity index (χ4n) is 3.26. The van der Waals surface area contributed by atoms with Crippen LogP contribution >= 0.6 is 0 Å². The highest BCUT2D eigenvalue weighted by Crippen LogP contribution is 2.32. The van der Waals surface area contributed by atoms with Gasteiger partial charge >= 0.3 is 5.69 Å². The van der Waals surface area contributed by atoms with Crippen LogP contribution in [0.1, 0.15) is 6.23 Å². The Morgan fingerprint density at radius 2 is 2.03 bits per heavy atom. The minimum Gasteiger partial charge on any atom is -0.387 e. The molecule has 0 amide bonds. The molecule has 0 aliphatic carbocycles. The molecular formula is C16H16FN7O7S. The molecule has 4 atom stereocenters. The van der Waals surface area contributed by atoms with E-state index in [1.807, 2.05) is 0 Å². The van der Waals surface area contributed by atoms with Crippen LogP contribution in [0.2, 0.25) is 0 Å². The molecule has 0 spiro atoms. The smallest absolute Gasteiger partial charge is 0.306 e. The van der Waals surface area contributed by atoms with Gasteiger partial charge < -0.3 is 20.7 Å². The molecule has 3 aromatic rings. The number of aliphatic hydroxyl groups excluding tert-OH is 2. The number of fused-ring (bicyclic) bond motifs is 1. The SMILES string of the molecule is Nc1ncnc2c1ncn2[C@@H]1O[C@H](CNS(=O)(=O)c2ccc(F)c([N+](=O)[O-])c2)[C@@H](O)[C@H]1O. The maximum Gasteiger partial charge on any atom is 0.306 e. The number of nitro groups is 1. The number of rotatable bonds is 6. The predicted octanol–water partition coefficient (Wildman–Crippen LogP) is -0.947. The number of hydrogen-bond acceptors (Lipinski definition) is 11. The Bertz CT molecular complexity index is 1300. The Morgan fingerprint density at radius 3 is 2.75 bits per heavy atom. The van der Waals surface area contributed by atoms with E-state index in [-0.39, 0.29) is 17.0 Å². The largest absolute Gasteiger partial charge is 0.387 e. The number of aromatic nitrogens is 4. The van der Waals surface area contributed by atoms with E-state index < -0.39 is 62.4 Å². The number of nitrogens with two attached hydrogens (primary N) is 1. The lowest BCUT2D eigenvalue weighted by atomic mass is 10.1. The molecule has 14 nitrogen and oxygen atoms in total. The molecule has 32 heavy (non-hydrogen) atoms. The van der Waals surface area contributed by atoms with Crippen molar-refractivity contribution in [2.24, 2.45) is 0 Å². The molecule has 1 aromatic carbocycles. The third-order valence-corrected chi connectivity index (χ3v) is 6.32. The molecule has 16 heteroatoms. The molecule has 5 N–H and O–H groups in total. The topological polar surface area (TPSA) is 209 Å². The Hall–Kier alpha value is -3.31. The lowest BCUT2D eigenvalue weighted by Gasteiger charge is -2.16. The molecule has 1 saturated heterocycles. The van der Waals surface area contributed by atoms with Crippen molar-refractivity contribution in [1.29, 1.82) is 0 Å². The van der Waals surface area contributed by atoms with Gasteiger partial charge in [0.2, 0.25) is 15.8 Å². The summed E-state index contributed by atoms with van der Waals surface area (Å²) >= 11 is 0. The fraction of sp³-hybridized carbons (Fsp3) is 0.312. The van der Waals surface area contributed by atoms with E-state index in [1.54, 1.807) is 0 Å². The molecule has 1 aliphatic heterocycles. The standard InChI is InChI=1S/C16H16FN7O7S/c17-8-2-1-7(3-9(8)24(27)28)32(29,30)22-4-10-12(25)13(26)16(31-10)23-6-21-11-14(18)19-5-20-15(11)23/h1-3,5-6,10,12-13,16,22,25-26H,4H2,(H2,18,19,20)/t10-,12-,13-,16-/m1/s1. The van der Waals surface area contributed by atoms with Gasteiger partial charge in [0.1, 0.15) is 30.2 Å². The highest BCUT2D eigenvalue weighted by Gasteiger charge is 2.44. The van der Waals surface area contributed by atoms with Gasteiger partial charge in [0.25, 0.3) is 0 Å². The third kappa shape index (κ3) is 3.73. The van der Waals surface area contributed by atoms with Gasteiger partial charge in [-0.1, -0.05) is 0 Å². The van der Waals surface area contributed by atoms with Gasteiger partial charge in [-0.05, 0) is 12.1 Å². The lowest BCUT2D eigenvalue weighted by molar-refractivity contribution is -0.387. The summed E-state index contributed by atoms with van der Waals surface area (Å²) in [6.07, 6.45) is -2.86. The zero-order valence-electron chi connectivity index (χ0n) is 15.9. The van der Waals surface area contributed by atoms with Gasteiger partial charge in [-0.15, -0.1) is 0 Å². The zero-order chi connectivity index (χ0) is 23.2. The number of imidazole rings is 1. The van der Waals surface area contributed by atoms with E-state index >= 15 is 0 Å². The fourth-order valence-corrected chi connectivity index (χ4v) is 4.32. The molecular weight excluding hydrogens is 453 g/mol. The van der Waals surface area contributed by atoms with Crippen LogP contribution in [0.15, 0.2) is 35.7 Å². The van der Waals surface area contributed by atoms with E-state index in [0.29, 0.717) is 12.1 Å². The molecule has 1 aliphatic rings. The summed E-state index contributed by atoms with van der Waals surface area (Å²) in [6.45, 7) is -0.494. The number of halogens is 1. The summed E-state index contributed by atoms with van der Waals surface area (Å²) in [5, 5.41) is 31.6. The van der Waals surface area contributed by atoms with Gasteiger partial charge in [-0.3, -0.25) is 14.7 Å². The predicted molar refractivity (Wildman–Crippen MR) is 104 cm³/mol. The number of ether oxygens (including phenoxy) is 1. The van der Waals surface area contributed by atoms with Gasteiger partial charge in [-0.2, -0.15) is 4.39 Å². The molecule has 4 rings (SSSR count). The molecule has 0 bridgehead atoms. The number of nitrogen functional groups attached to an aromatic ring is 1. The highest BCUT2D eigenvalue weighted by molar-refractivity contribution is 7.89. The second-order valence-electron chi connectivity index (χ2n) is 6.85. The molecule has 0 saturated carbocycles. The van der Waals surface area contributed by atoms with Crippen LogP contribution in [-0.4, -0.2) is 67.9 Å². The molecule has 1 fully saturated rings. The first kappa shape index (κ1) is 21.9. The minimum atomic E-state index is -4.32. The maximum absolute atomic E-state index is 13.5. The molecule has 0 radical (unpaired) electrons. The Balaban J connectivity index is 1.52.